The van der Waals surface area contributed by atoms with Crippen molar-refractivity contribution in [3.63, 3.8) is 0 Å². The molecule has 0 saturated heterocycles. The molecule has 0 radical (unpaired) electrons. The highest BCUT2D eigenvalue weighted by Gasteiger charge is 2.20. The van der Waals surface area contributed by atoms with Crippen LogP contribution in [0.4, 0.5) is 0 Å². The van der Waals surface area contributed by atoms with E-state index >= 15 is 0 Å². The van der Waals surface area contributed by atoms with Crippen LogP contribution < -0.4 is 0 Å². The van der Waals surface area contributed by atoms with E-state index in [9.17, 15) is 0 Å². The van der Waals surface area contributed by atoms with Crippen molar-refractivity contribution in [1.29, 1.82) is 0 Å². The lowest BCUT2D eigenvalue weighted by Crippen LogP contribution is -1.96. The summed E-state index contributed by atoms with van der Waals surface area (Å²) in [5.41, 5.74) is 14.3. The molecule has 0 fully saturated rings. The maximum absolute atomic E-state index is 6.78. The molecule has 0 spiro atoms. The van der Waals surface area contributed by atoms with Crippen LogP contribution in [0.15, 0.2) is 205 Å². The molecule has 0 atom stereocenters. The number of hydrogen-bond acceptors (Lipinski definition) is 5. The molecular weight excluding hydrogens is 751 g/mol. The third-order valence-corrected chi connectivity index (χ3v) is 12.7. The number of pyridine rings is 1. The summed E-state index contributed by atoms with van der Waals surface area (Å²) >= 11 is 1.84. The fraction of sp³-hybridized carbons (Fsp3) is 0. The summed E-state index contributed by atoms with van der Waals surface area (Å²) < 4.78 is 9.34. The summed E-state index contributed by atoms with van der Waals surface area (Å²) in [7, 11) is 0. The molecular formula is C55H33N3OS. The lowest BCUT2D eigenvalue weighted by Gasteiger charge is -2.12. The second kappa shape index (κ2) is 14.0. The molecule has 0 amide bonds. The number of rotatable bonds is 6. The van der Waals surface area contributed by atoms with Crippen LogP contribution in [0.1, 0.15) is 0 Å². The second-order valence-electron chi connectivity index (χ2n) is 15.1. The van der Waals surface area contributed by atoms with E-state index in [1.54, 1.807) is 0 Å². The Labute approximate surface area is 349 Å². The van der Waals surface area contributed by atoms with E-state index in [2.05, 4.69) is 169 Å². The summed E-state index contributed by atoms with van der Waals surface area (Å²) in [6.07, 6.45) is 1.87. The van der Waals surface area contributed by atoms with Gasteiger partial charge in [-0.25, -0.2) is 9.97 Å². The Balaban J connectivity index is 0.959. The number of hydrogen-bond donors (Lipinski definition) is 0. The highest BCUT2D eigenvalue weighted by molar-refractivity contribution is 7.25. The average Bonchev–Trinajstić information content (AvgIpc) is 3.91. The highest BCUT2D eigenvalue weighted by atomic mass is 32.1. The standard InChI is InChI=1S/C55H33N3OS/c1-2-11-36(12-3-1)47-33-48(58-55(57-47)38-27-23-34(24-28-38)39-31-32-56-46-17-7-4-13-41(39)46)37-25-21-35(22-26-37)40-29-30-43(54-53(40)44-14-5-8-18-49(44)59-54)42-16-10-20-51-52(42)45-15-6-9-19-50(45)60-51/h1-33H. The fourth-order valence-corrected chi connectivity index (χ4v) is 9.86. The maximum Gasteiger partial charge on any atom is 0.160 e. The molecule has 8 aromatic carbocycles. The molecule has 0 saturated carbocycles. The molecule has 0 aliphatic carbocycles. The van der Waals surface area contributed by atoms with Crippen molar-refractivity contribution in [2.24, 2.45) is 0 Å². The third kappa shape index (κ3) is 5.70. The molecule has 0 N–H and O–H groups in total. The van der Waals surface area contributed by atoms with E-state index in [1.165, 1.54) is 25.7 Å². The number of thiophene rings is 1. The van der Waals surface area contributed by atoms with Gasteiger partial charge in [-0.05, 0) is 70.3 Å². The summed E-state index contributed by atoms with van der Waals surface area (Å²) in [5.74, 6) is 0.678. The highest BCUT2D eigenvalue weighted by Crippen LogP contribution is 2.46. The molecule has 12 aromatic rings. The van der Waals surface area contributed by atoms with Gasteiger partial charge in [0.1, 0.15) is 11.2 Å². The number of para-hydroxylation sites is 2. The molecule has 0 aliphatic rings. The van der Waals surface area contributed by atoms with E-state index in [0.29, 0.717) is 5.82 Å². The normalized spacial score (nSPS) is 11.7. The molecule has 0 bridgehead atoms. The van der Waals surface area contributed by atoms with Crippen molar-refractivity contribution in [3.8, 4) is 67.3 Å². The Bertz CT molecular complexity index is 3580. The first kappa shape index (κ1) is 34.3. The van der Waals surface area contributed by atoms with Crippen LogP contribution in [0.25, 0.3) is 120 Å². The van der Waals surface area contributed by atoms with Crippen molar-refractivity contribution in [2.75, 3.05) is 0 Å². The van der Waals surface area contributed by atoms with Crippen molar-refractivity contribution in [3.05, 3.63) is 200 Å². The lowest BCUT2D eigenvalue weighted by atomic mass is 9.92. The van der Waals surface area contributed by atoms with Gasteiger partial charge in [0, 0.05) is 64.8 Å². The van der Waals surface area contributed by atoms with E-state index in [4.69, 9.17) is 14.4 Å². The minimum Gasteiger partial charge on any atom is -0.455 e. The van der Waals surface area contributed by atoms with Gasteiger partial charge in [-0.1, -0.05) is 152 Å². The molecule has 4 nitrogen and oxygen atoms in total. The number of fused-ring (bicyclic) bond motifs is 7. The third-order valence-electron chi connectivity index (χ3n) is 11.6. The van der Waals surface area contributed by atoms with Gasteiger partial charge in [-0.15, -0.1) is 11.3 Å². The van der Waals surface area contributed by atoms with Gasteiger partial charge in [-0.2, -0.15) is 0 Å². The number of nitrogens with zero attached hydrogens (tertiary/aromatic N) is 3. The Morgan fingerprint density at radius 3 is 1.82 bits per heavy atom. The molecule has 280 valence electrons. The lowest BCUT2D eigenvalue weighted by molar-refractivity contribution is 0.670. The summed E-state index contributed by atoms with van der Waals surface area (Å²) in [5, 5.41) is 5.90. The summed E-state index contributed by atoms with van der Waals surface area (Å²) in [6.45, 7) is 0. The van der Waals surface area contributed by atoms with E-state index in [-0.39, 0.29) is 0 Å². The van der Waals surface area contributed by atoms with E-state index in [0.717, 1.165) is 88.7 Å². The van der Waals surface area contributed by atoms with Crippen LogP contribution in [0.5, 0.6) is 0 Å². The van der Waals surface area contributed by atoms with Crippen molar-refractivity contribution < 1.29 is 4.42 Å². The molecule has 4 aromatic heterocycles. The van der Waals surface area contributed by atoms with Crippen molar-refractivity contribution >= 4 is 64.4 Å². The van der Waals surface area contributed by atoms with Crippen LogP contribution in [0.2, 0.25) is 0 Å². The van der Waals surface area contributed by atoms with Crippen LogP contribution >= 0.6 is 11.3 Å². The SMILES string of the molecule is c1ccc(-c2cc(-c3ccc(-c4ccc(-c5cccc6sc7ccccc7c56)c5oc6ccccc6c45)cc3)nc(-c3ccc(-c4ccnc5ccccc45)cc3)n2)cc1. The van der Waals surface area contributed by atoms with Gasteiger partial charge in [0.15, 0.2) is 5.82 Å². The minimum atomic E-state index is 0.678. The smallest absolute Gasteiger partial charge is 0.160 e. The molecule has 12 rings (SSSR count). The van der Waals surface area contributed by atoms with Gasteiger partial charge < -0.3 is 4.42 Å². The minimum absolute atomic E-state index is 0.678. The van der Waals surface area contributed by atoms with Gasteiger partial charge >= 0.3 is 0 Å². The molecule has 60 heavy (non-hydrogen) atoms. The first-order valence-corrected chi connectivity index (χ1v) is 20.9. The first-order chi connectivity index (χ1) is 29.7. The van der Waals surface area contributed by atoms with Gasteiger partial charge in [0.25, 0.3) is 0 Å². The largest absolute Gasteiger partial charge is 0.455 e. The second-order valence-corrected chi connectivity index (χ2v) is 16.2. The summed E-state index contributed by atoms with van der Waals surface area (Å²) in [6, 6.07) is 68.2. The number of furan rings is 1. The monoisotopic (exact) mass is 783 g/mol. The Hall–Kier alpha value is -7.73. The number of benzene rings is 8. The first-order valence-electron chi connectivity index (χ1n) is 20.1. The van der Waals surface area contributed by atoms with Gasteiger partial charge in [-0.3, -0.25) is 4.98 Å². The molecule has 0 aliphatic heterocycles. The van der Waals surface area contributed by atoms with Crippen LogP contribution in [-0.4, -0.2) is 15.0 Å². The van der Waals surface area contributed by atoms with Gasteiger partial charge in [0.2, 0.25) is 0 Å². The predicted octanol–water partition coefficient (Wildman–Crippen LogP) is 15.3. The zero-order chi connectivity index (χ0) is 39.6. The summed E-state index contributed by atoms with van der Waals surface area (Å²) in [4.78, 5) is 14.9. The average molecular weight is 784 g/mol. The Morgan fingerprint density at radius 1 is 0.383 bits per heavy atom. The quantitative estimate of drug-likeness (QED) is 0.169. The Morgan fingerprint density at radius 2 is 1.00 bits per heavy atom. The topological polar surface area (TPSA) is 51.8 Å². The molecule has 4 heterocycles. The van der Waals surface area contributed by atoms with Crippen LogP contribution in [0.3, 0.4) is 0 Å². The zero-order valence-electron chi connectivity index (χ0n) is 32.2. The molecule has 0 unspecified atom stereocenters. The molecule has 5 heteroatoms. The fourth-order valence-electron chi connectivity index (χ4n) is 8.73. The van der Waals surface area contributed by atoms with Crippen molar-refractivity contribution in [1.82, 2.24) is 15.0 Å². The van der Waals surface area contributed by atoms with Crippen molar-refractivity contribution in [2.45, 2.75) is 0 Å². The van der Waals surface area contributed by atoms with Crippen LogP contribution in [0, 0.1) is 0 Å². The van der Waals surface area contributed by atoms with Gasteiger partial charge in [0.05, 0.1) is 16.9 Å². The Kier molecular flexibility index (Phi) is 8.00. The number of aromatic nitrogens is 3. The predicted molar refractivity (Wildman–Crippen MR) is 250 cm³/mol. The van der Waals surface area contributed by atoms with Crippen LogP contribution in [-0.2, 0) is 0 Å². The van der Waals surface area contributed by atoms with E-state index < -0.39 is 0 Å². The van der Waals surface area contributed by atoms with E-state index in [1.807, 2.05) is 47.9 Å². The zero-order valence-corrected chi connectivity index (χ0v) is 33.0. The maximum atomic E-state index is 6.78.